The summed E-state index contributed by atoms with van der Waals surface area (Å²) < 4.78 is 1.08. The van der Waals surface area contributed by atoms with Gasteiger partial charge in [0.15, 0.2) is 0 Å². The molecule has 130 valence electrons. The molecule has 1 aromatic carbocycles. The maximum Gasteiger partial charge on any atom is 0.222 e. The zero-order valence-corrected chi connectivity index (χ0v) is 15.3. The minimum absolute atomic E-state index is 0.533. The molecule has 0 aliphatic rings. The van der Waals surface area contributed by atoms with Gasteiger partial charge in [-0.05, 0) is 59.9 Å². The Kier molecular flexibility index (Phi) is 5.32. The second-order valence-corrected chi connectivity index (χ2v) is 7.52. The predicted octanol–water partition coefficient (Wildman–Crippen LogP) is 4.38. The Morgan fingerprint density at radius 1 is 0.920 bits per heavy atom. The summed E-state index contributed by atoms with van der Waals surface area (Å²) in [5.41, 5.74) is 5.07. The van der Waals surface area contributed by atoms with Crippen molar-refractivity contribution < 1.29 is 9.94 Å². The third-order valence-electron chi connectivity index (χ3n) is 4.58. The van der Waals surface area contributed by atoms with Gasteiger partial charge in [-0.25, -0.2) is 0 Å². The van der Waals surface area contributed by atoms with E-state index in [9.17, 15) is 5.21 Å². The van der Waals surface area contributed by atoms with Crippen molar-refractivity contribution in [1.82, 2.24) is 4.98 Å². The molecule has 0 saturated heterocycles. The quantitative estimate of drug-likeness (QED) is 0.536. The average Bonchev–Trinajstić information content (AvgIpc) is 2.56. The Morgan fingerprint density at radius 3 is 2.36 bits per heavy atom. The van der Waals surface area contributed by atoms with Crippen LogP contribution in [0.1, 0.15) is 37.5 Å². The van der Waals surface area contributed by atoms with Crippen molar-refractivity contribution in [3.63, 3.8) is 0 Å². The first-order chi connectivity index (χ1) is 12.0. The molecule has 3 aromatic rings. The molecule has 2 heterocycles. The molecule has 0 spiro atoms. The van der Waals surface area contributed by atoms with Crippen molar-refractivity contribution in [3.8, 4) is 0 Å². The van der Waals surface area contributed by atoms with Crippen molar-refractivity contribution in [2.75, 3.05) is 0 Å². The van der Waals surface area contributed by atoms with Gasteiger partial charge in [0, 0.05) is 28.4 Å². The highest BCUT2D eigenvalue weighted by molar-refractivity contribution is 5.82. The van der Waals surface area contributed by atoms with Crippen molar-refractivity contribution >= 4 is 10.9 Å². The van der Waals surface area contributed by atoms with Crippen molar-refractivity contribution in [3.05, 3.63) is 71.7 Å². The number of hydrogen-bond acceptors (Lipinski definition) is 2. The van der Waals surface area contributed by atoms with E-state index in [1.165, 1.54) is 22.1 Å². The number of pyridine rings is 2. The number of hydrogen-bond donors (Lipinski definition) is 1. The number of fused-ring (bicyclic) bond motifs is 1. The summed E-state index contributed by atoms with van der Waals surface area (Å²) in [6.07, 6.45) is 8.41. The van der Waals surface area contributed by atoms with Crippen molar-refractivity contribution in [2.24, 2.45) is 11.8 Å². The van der Waals surface area contributed by atoms with E-state index >= 15 is 0 Å². The molecular weight excluding hydrogens is 308 g/mol. The van der Waals surface area contributed by atoms with Crippen molar-refractivity contribution in [2.45, 2.75) is 40.0 Å². The number of nitrogens with zero attached hydrogens (tertiary/aromatic N) is 2. The van der Waals surface area contributed by atoms with E-state index in [0.717, 1.165) is 29.5 Å². The lowest BCUT2D eigenvalue weighted by Crippen LogP contribution is -2.28. The molecule has 3 heteroatoms. The summed E-state index contributed by atoms with van der Waals surface area (Å²) in [6.45, 7) is 6.78. The molecule has 0 aliphatic heterocycles. The second-order valence-electron chi connectivity index (χ2n) is 7.52. The second kappa shape index (κ2) is 7.64. The third kappa shape index (κ3) is 4.56. The van der Waals surface area contributed by atoms with Crippen LogP contribution in [0.4, 0.5) is 0 Å². The van der Waals surface area contributed by atoms with Crippen LogP contribution in [0, 0.1) is 11.8 Å². The Morgan fingerprint density at radius 2 is 1.64 bits per heavy atom. The molecule has 0 amide bonds. The molecular formula is C22H27N2O+. The number of benzene rings is 1. The largest absolute Gasteiger partial charge is 0.285 e. The predicted molar refractivity (Wildman–Crippen MR) is 101 cm³/mol. The molecule has 3 rings (SSSR count). The van der Waals surface area contributed by atoms with Crippen LogP contribution < -0.4 is 4.73 Å². The van der Waals surface area contributed by atoms with Crippen LogP contribution in [-0.2, 0) is 19.3 Å². The van der Waals surface area contributed by atoms with Crippen LogP contribution >= 0.6 is 0 Å². The van der Waals surface area contributed by atoms with Gasteiger partial charge in [-0.3, -0.25) is 10.2 Å². The maximum atomic E-state index is 9.31. The summed E-state index contributed by atoms with van der Waals surface area (Å²) in [5, 5.41) is 10.6. The molecule has 1 atom stereocenters. The van der Waals surface area contributed by atoms with Crippen molar-refractivity contribution in [1.29, 1.82) is 0 Å². The van der Waals surface area contributed by atoms with Gasteiger partial charge in [0.1, 0.15) is 0 Å². The monoisotopic (exact) mass is 335 g/mol. The molecule has 0 saturated carbocycles. The smallest absolute Gasteiger partial charge is 0.222 e. The third-order valence-corrected chi connectivity index (χ3v) is 4.58. The topological polar surface area (TPSA) is 37.0 Å². The Bertz CT molecular complexity index is 840. The molecule has 0 aliphatic carbocycles. The number of rotatable bonds is 6. The lowest BCUT2D eigenvalue weighted by Gasteiger charge is -2.13. The standard InChI is InChI=1S/C22H27N2O/c1-16(2)12-20-6-9-23-22-15-19(4-5-21(20)22)14-17(3)13-18-7-10-24(25)11-8-18/h4-11,15-17,25H,12-14H2,1-3H3/q+1. The van der Waals surface area contributed by atoms with Gasteiger partial charge >= 0.3 is 0 Å². The highest BCUT2D eigenvalue weighted by atomic mass is 16.5. The molecule has 0 radical (unpaired) electrons. The van der Waals surface area contributed by atoms with Gasteiger partial charge in [0.05, 0.1) is 5.52 Å². The Labute approximate surface area is 149 Å². The molecule has 0 fully saturated rings. The van der Waals surface area contributed by atoms with Gasteiger partial charge in [-0.1, -0.05) is 32.9 Å². The highest BCUT2D eigenvalue weighted by Gasteiger charge is 2.09. The lowest BCUT2D eigenvalue weighted by molar-refractivity contribution is -0.904. The summed E-state index contributed by atoms with van der Waals surface area (Å²) in [6, 6.07) is 12.8. The maximum absolute atomic E-state index is 9.31. The fourth-order valence-electron chi connectivity index (χ4n) is 3.46. The van der Waals surface area contributed by atoms with E-state index < -0.39 is 0 Å². The first-order valence-electron chi connectivity index (χ1n) is 9.07. The Hall–Kier alpha value is -2.42. The van der Waals surface area contributed by atoms with Gasteiger partial charge in [-0.2, -0.15) is 0 Å². The molecule has 1 N–H and O–H groups in total. The minimum atomic E-state index is 0.533. The minimum Gasteiger partial charge on any atom is -0.285 e. The van der Waals surface area contributed by atoms with Gasteiger partial charge in [0.25, 0.3) is 0 Å². The molecule has 1 unspecified atom stereocenters. The first-order valence-corrected chi connectivity index (χ1v) is 9.07. The van der Waals surface area contributed by atoms with Crippen LogP contribution in [0.15, 0.2) is 55.0 Å². The molecule has 0 bridgehead atoms. The van der Waals surface area contributed by atoms with E-state index in [1.54, 1.807) is 12.4 Å². The van der Waals surface area contributed by atoms with Gasteiger partial charge in [-0.15, -0.1) is 0 Å². The van der Waals surface area contributed by atoms with Crippen LogP contribution in [-0.4, -0.2) is 10.2 Å². The summed E-state index contributed by atoms with van der Waals surface area (Å²) >= 11 is 0. The zero-order chi connectivity index (χ0) is 17.8. The SMILES string of the molecule is CC(C)Cc1ccnc2cc(CC(C)Cc3cc[n+](O)cc3)ccc12. The molecule has 2 aromatic heterocycles. The Balaban J connectivity index is 1.74. The lowest BCUT2D eigenvalue weighted by atomic mass is 9.93. The molecule has 3 nitrogen and oxygen atoms in total. The van der Waals surface area contributed by atoms with Gasteiger partial charge in [0.2, 0.25) is 12.4 Å². The summed E-state index contributed by atoms with van der Waals surface area (Å²) in [4.78, 5) is 4.58. The fraction of sp³-hybridized carbons (Fsp3) is 0.364. The first kappa shape index (κ1) is 17.4. The normalized spacial score (nSPS) is 12.6. The van der Waals surface area contributed by atoms with Crippen LogP contribution in [0.2, 0.25) is 0 Å². The van der Waals surface area contributed by atoms with Crippen LogP contribution in [0.25, 0.3) is 10.9 Å². The number of aromatic nitrogens is 2. The molecule has 25 heavy (non-hydrogen) atoms. The van der Waals surface area contributed by atoms with E-state index in [4.69, 9.17) is 0 Å². The average molecular weight is 335 g/mol. The highest BCUT2D eigenvalue weighted by Crippen LogP contribution is 2.23. The van der Waals surface area contributed by atoms with Crippen LogP contribution in [0.5, 0.6) is 0 Å². The summed E-state index contributed by atoms with van der Waals surface area (Å²) in [7, 11) is 0. The zero-order valence-electron chi connectivity index (χ0n) is 15.3. The van der Waals surface area contributed by atoms with E-state index in [1.807, 2.05) is 18.3 Å². The van der Waals surface area contributed by atoms with E-state index in [2.05, 4.69) is 50.0 Å². The van der Waals surface area contributed by atoms with E-state index in [0.29, 0.717) is 11.8 Å². The summed E-state index contributed by atoms with van der Waals surface area (Å²) in [5.74, 6) is 1.18. The van der Waals surface area contributed by atoms with Crippen LogP contribution in [0.3, 0.4) is 0 Å². The van der Waals surface area contributed by atoms with Gasteiger partial charge < -0.3 is 0 Å². The van der Waals surface area contributed by atoms with E-state index in [-0.39, 0.29) is 0 Å². The fourth-order valence-corrected chi connectivity index (χ4v) is 3.46.